The van der Waals surface area contributed by atoms with Crippen molar-refractivity contribution < 1.29 is 19.2 Å². The zero-order chi connectivity index (χ0) is 19.5. The molecule has 0 radical (unpaired) electrons. The minimum Gasteiger partial charge on any atom is -0.481 e. The molecule has 0 spiro atoms. The number of aliphatic carboxylic acids is 1. The molecule has 0 aliphatic carbocycles. The first kappa shape index (κ1) is 20.3. The van der Waals surface area contributed by atoms with Crippen molar-refractivity contribution in [1.82, 2.24) is 10.5 Å². The highest BCUT2D eigenvalue weighted by Crippen LogP contribution is 2.36. The van der Waals surface area contributed by atoms with Crippen molar-refractivity contribution in [3.8, 4) is 11.3 Å². The Balaban J connectivity index is 2.37. The van der Waals surface area contributed by atoms with Gasteiger partial charge in [-0.25, -0.2) is 0 Å². The lowest BCUT2D eigenvalue weighted by Gasteiger charge is -2.26. The molecule has 8 heteroatoms. The number of hydrogen-bond donors (Lipinski definition) is 2. The summed E-state index contributed by atoms with van der Waals surface area (Å²) in [6.45, 7) is 5.15. The lowest BCUT2D eigenvalue weighted by atomic mass is 9.82. The third-order valence-corrected chi connectivity index (χ3v) is 5.31. The predicted molar refractivity (Wildman–Crippen MR) is 99.7 cm³/mol. The molecule has 26 heavy (non-hydrogen) atoms. The molecular weight excluding hydrogens is 379 g/mol. The van der Waals surface area contributed by atoms with Crippen molar-refractivity contribution in [3.63, 3.8) is 0 Å². The van der Waals surface area contributed by atoms with Crippen molar-refractivity contribution in [3.05, 3.63) is 39.6 Å². The number of aromatic nitrogens is 1. The molecule has 1 aromatic carbocycles. The molecule has 140 valence electrons. The maximum absolute atomic E-state index is 12.8. The predicted octanol–water partition coefficient (Wildman–Crippen LogP) is 4.58. The third kappa shape index (κ3) is 3.71. The van der Waals surface area contributed by atoms with Crippen molar-refractivity contribution in [2.24, 2.45) is 5.41 Å². The van der Waals surface area contributed by atoms with Crippen LogP contribution in [0.25, 0.3) is 11.3 Å². The van der Waals surface area contributed by atoms with Gasteiger partial charge in [0, 0.05) is 12.1 Å². The lowest BCUT2D eigenvalue weighted by molar-refractivity contribution is -0.149. The lowest BCUT2D eigenvalue weighted by Crippen LogP contribution is -2.42. The van der Waals surface area contributed by atoms with Crippen molar-refractivity contribution in [2.45, 2.75) is 33.6 Å². The van der Waals surface area contributed by atoms with Gasteiger partial charge in [-0.2, -0.15) is 0 Å². The van der Waals surface area contributed by atoms with E-state index in [1.54, 1.807) is 39.0 Å². The van der Waals surface area contributed by atoms with Crippen LogP contribution in [-0.2, 0) is 4.79 Å². The van der Waals surface area contributed by atoms with Gasteiger partial charge in [-0.15, -0.1) is 0 Å². The number of carboxylic acid groups (broad SMARTS) is 1. The van der Waals surface area contributed by atoms with Crippen LogP contribution in [0.15, 0.2) is 22.7 Å². The molecule has 0 aliphatic rings. The molecule has 1 heterocycles. The van der Waals surface area contributed by atoms with Gasteiger partial charge >= 0.3 is 5.97 Å². The maximum Gasteiger partial charge on any atom is 0.311 e. The van der Waals surface area contributed by atoms with E-state index in [1.165, 1.54) is 0 Å². The number of nitrogens with zero attached hydrogens (tertiary/aromatic N) is 1. The summed E-state index contributed by atoms with van der Waals surface area (Å²) in [5.74, 6) is -1.14. The number of carbonyl (C=O) groups is 2. The Labute approximate surface area is 161 Å². The van der Waals surface area contributed by atoms with Gasteiger partial charge in [-0.05, 0) is 31.9 Å². The Morgan fingerprint density at radius 3 is 2.31 bits per heavy atom. The van der Waals surface area contributed by atoms with Gasteiger partial charge in [0.1, 0.15) is 17.0 Å². The number of carbonyl (C=O) groups excluding carboxylic acids is 1. The number of carboxylic acids is 1. The first-order valence-corrected chi connectivity index (χ1v) is 8.95. The number of halogens is 2. The smallest absolute Gasteiger partial charge is 0.311 e. The fourth-order valence-electron chi connectivity index (χ4n) is 2.75. The molecule has 0 unspecified atom stereocenters. The summed E-state index contributed by atoms with van der Waals surface area (Å²) in [6.07, 6.45) is 0.788. The van der Waals surface area contributed by atoms with E-state index in [1.807, 2.05) is 0 Å². The van der Waals surface area contributed by atoms with Crippen LogP contribution < -0.4 is 5.32 Å². The number of nitrogens with one attached hydrogen (secondary N) is 1. The molecule has 0 atom stereocenters. The summed E-state index contributed by atoms with van der Waals surface area (Å²) in [5.41, 5.74) is -0.215. The average Bonchev–Trinajstić information content (AvgIpc) is 2.97. The summed E-state index contributed by atoms with van der Waals surface area (Å²) >= 11 is 12.4. The van der Waals surface area contributed by atoms with Crippen LogP contribution in [0, 0.1) is 12.3 Å². The number of hydrogen-bond acceptors (Lipinski definition) is 4. The molecule has 0 bridgehead atoms. The molecule has 1 aromatic heterocycles. The van der Waals surface area contributed by atoms with Crippen LogP contribution in [0.5, 0.6) is 0 Å². The summed E-state index contributed by atoms with van der Waals surface area (Å²) in [7, 11) is 0. The van der Waals surface area contributed by atoms with Gasteiger partial charge in [-0.1, -0.05) is 48.3 Å². The first-order chi connectivity index (χ1) is 12.3. The third-order valence-electron chi connectivity index (χ3n) is 4.68. The molecule has 1 amide bonds. The van der Waals surface area contributed by atoms with Crippen LogP contribution in [0.3, 0.4) is 0 Å². The fourth-order valence-corrected chi connectivity index (χ4v) is 3.33. The molecule has 0 saturated carbocycles. The van der Waals surface area contributed by atoms with E-state index in [0.29, 0.717) is 34.2 Å². The Kier molecular flexibility index (Phi) is 6.31. The van der Waals surface area contributed by atoms with Gasteiger partial charge in [0.15, 0.2) is 0 Å². The van der Waals surface area contributed by atoms with Crippen molar-refractivity contribution in [2.75, 3.05) is 6.54 Å². The van der Waals surface area contributed by atoms with Gasteiger partial charge in [-0.3, -0.25) is 9.59 Å². The van der Waals surface area contributed by atoms with Gasteiger partial charge < -0.3 is 14.9 Å². The maximum atomic E-state index is 12.8. The zero-order valence-electron chi connectivity index (χ0n) is 14.7. The van der Waals surface area contributed by atoms with E-state index < -0.39 is 17.3 Å². The quantitative estimate of drug-likeness (QED) is 0.711. The Bertz CT molecular complexity index is 808. The average molecular weight is 399 g/mol. The number of rotatable bonds is 7. The Hall–Kier alpha value is -2.05. The molecule has 0 saturated heterocycles. The van der Waals surface area contributed by atoms with Gasteiger partial charge in [0.25, 0.3) is 5.91 Å². The Morgan fingerprint density at radius 1 is 1.23 bits per heavy atom. The number of aryl methyl sites for hydroxylation is 1. The second-order valence-electron chi connectivity index (χ2n) is 6.03. The summed E-state index contributed by atoms with van der Waals surface area (Å²) < 4.78 is 5.17. The molecule has 0 aliphatic heterocycles. The van der Waals surface area contributed by atoms with Crippen LogP contribution in [0.4, 0.5) is 0 Å². The number of amides is 1. The molecule has 2 rings (SSSR count). The van der Waals surface area contributed by atoms with E-state index in [4.69, 9.17) is 27.7 Å². The highest BCUT2D eigenvalue weighted by Gasteiger charge is 2.36. The monoisotopic (exact) mass is 398 g/mol. The molecule has 6 nitrogen and oxygen atoms in total. The minimum atomic E-state index is -1.02. The molecule has 0 fully saturated rings. The first-order valence-electron chi connectivity index (χ1n) is 8.19. The highest BCUT2D eigenvalue weighted by atomic mass is 35.5. The zero-order valence-corrected chi connectivity index (χ0v) is 16.2. The Morgan fingerprint density at radius 2 is 1.81 bits per heavy atom. The molecule has 2 N–H and O–H groups in total. The van der Waals surface area contributed by atoms with Crippen LogP contribution in [0.2, 0.25) is 10.0 Å². The second-order valence-corrected chi connectivity index (χ2v) is 6.85. The van der Waals surface area contributed by atoms with E-state index in [0.717, 1.165) is 0 Å². The number of benzene rings is 1. The van der Waals surface area contributed by atoms with Crippen LogP contribution in [0.1, 0.15) is 42.8 Å². The summed E-state index contributed by atoms with van der Waals surface area (Å²) in [5, 5.41) is 16.8. The summed E-state index contributed by atoms with van der Waals surface area (Å²) in [6, 6.07) is 4.96. The molecular formula is C18H20Cl2N2O4. The SMILES string of the molecule is CCC(CC)(CNC(=O)c1c(-c2c(Cl)cccc2Cl)noc1C)C(=O)O. The van der Waals surface area contributed by atoms with Gasteiger partial charge in [0.2, 0.25) is 0 Å². The topological polar surface area (TPSA) is 92.4 Å². The normalized spacial score (nSPS) is 11.4. The summed E-state index contributed by atoms with van der Waals surface area (Å²) in [4.78, 5) is 24.4. The molecule has 2 aromatic rings. The highest BCUT2D eigenvalue weighted by molar-refractivity contribution is 6.39. The standard InChI is InChI=1S/C18H20Cl2N2O4/c1-4-18(5-2,17(24)25)9-21-16(23)13-10(3)26-22-15(13)14-11(19)7-6-8-12(14)20/h6-8H,4-5,9H2,1-3H3,(H,21,23)(H,24,25). The van der Waals surface area contributed by atoms with E-state index >= 15 is 0 Å². The largest absolute Gasteiger partial charge is 0.481 e. The van der Waals surface area contributed by atoms with Crippen LogP contribution >= 0.6 is 23.2 Å². The fraction of sp³-hybridized carbons (Fsp3) is 0.389. The van der Waals surface area contributed by atoms with E-state index in [-0.39, 0.29) is 17.8 Å². The van der Waals surface area contributed by atoms with Crippen LogP contribution in [-0.4, -0.2) is 28.7 Å². The van der Waals surface area contributed by atoms with Crippen molar-refractivity contribution >= 4 is 35.1 Å². The second kappa shape index (κ2) is 8.10. The van der Waals surface area contributed by atoms with Gasteiger partial charge in [0.05, 0.1) is 15.5 Å². The van der Waals surface area contributed by atoms with E-state index in [9.17, 15) is 14.7 Å². The van der Waals surface area contributed by atoms with E-state index in [2.05, 4.69) is 10.5 Å². The van der Waals surface area contributed by atoms with Crippen molar-refractivity contribution in [1.29, 1.82) is 0 Å². The minimum absolute atomic E-state index is 0.00548.